The van der Waals surface area contributed by atoms with Crippen molar-refractivity contribution in [1.82, 2.24) is 9.97 Å². The monoisotopic (exact) mass is 338 g/mol. The molecule has 0 aliphatic carbocycles. The number of halogens is 1. The molecule has 1 aromatic heterocycles. The van der Waals surface area contributed by atoms with Crippen LogP contribution in [0.4, 0.5) is 5.69 Å². The number of hydrogen-bond donors (Lipinski definition) is 2. The first kappa shape index (κ1) is 13.4. The second-order valence-electron chi connectivity index (χ2n) is 4.42. The third-order valence-corrected chi connectivity index (χ3v) is 3.52. The van der Waals surface area contributed by atoms with Crippen LogP contribution in [0, 0.1) is 11.3 Å². The third kappa shape index (κ3) is 2.96. The van der Waals surface area contributed by atoms with Crippen molar-refractivity contribution in [1.29, 1.82) is 5.26 Å². The number of aromatic amines is 1. The summed E-state index contributed by atoms with van der Waals surface area (Å²) in [6, 6.07) is 17.6. The highest BCUT2D eigenvalue weighted by Gasteiger charge is 2.06. The fraction of sp³-hybridized carbons (Fsp3) is 0. The van der Waals surface area contributed by atoms with Crippen molar-refractivity contribution in [2.45, 2.75) is 0 Å². The van der Waals surface area contributed by atoms with Gasteiger partial charge in [0.15, 0.2) is 5.82 Å². The van der Waals surface area contributed by atoms with Gasteiger partial charge in [-0.1, -0.05) is 28.1 Å². The van der Waals surface area contributed by atoms with E-state index in [-0.39, 0.29) is 0 Å². The quantitative estimate of drug-likeness (QED) is 0.699. The van der Waals surface area contributed by atoms with Gasteiger partial charge < -0.3 is 10.3 Å². The molecule has 2 aromatic carbocycles. The first-order valence-electron chi connectivity index (χ1n) is 6.34. The molecule has 2 N–H and O–H groups in total. The number of nitriles is 1. The number of nitrogens with zero attached hydrogens (tertiary/aromatic N) is 2. The van der Waals surface area contributed by atoms with Crippen molar-refractivity contribution in [2.75, 3.05) is 5.32 Å². The van der Waals surface area contributed by atoms with Gasteiger partial charge in [-0.05, 0) is 36.4 Å². The van der Waals surface area contributed by atoms with Crippen LogP contribution in [0.2, 0.25) is 0 Å². The Morgan fingerprint density at radius 1 is 1.19 bits per heavy atom. The highest BCUT2D eigenvalue weighted by atomic mass is 79.9. The topological polar surface area (TPSA) is 64.5 Å². The maximum atomic E-state index is 9.30. The van der Waals surface area contributed by atoms with E-state index < -0.39 is 0 Å². The number of fused-ring (bicyclic) bond motifs is 1. The highest BCUT2D eigenvalue weighted by molar-refractivity contribution is 9.10. The zero-order valence-electron chi connectivity index (χ0n) is 11.0. The van der Waals surface area contributed by atoms with Gasteiger partial charge in [0.25, 0.3) is 0 Å². The Kier molecular flexibility index (Phi) is 3.71. The van der Waals surface area contributed by atoms with Crippen LogP contribution in [0.15, 0.2) is 59.2 Å². The van der Waals surface area contributed by atoms with Gasteiger partial charge in [-0.3, -0.25) is 0 Å². The van der Waals surface area contributed by atoms with Gasteiger partial charge in [-0.2, -0.15) is 5.26 Å². The smallest absolute Gasteiger partial charge is 0.150 e. The van der Waals surface area contributed by atoms with Gasteiger partial charge >= 0.3 is 0 Å². The lowest BCUT2D eigenvalue weighted by molar-refractivity contribution is 1.27. The zero-order chi connectivity index (χ0) is 14.7. The van der Waals surface area contributed by atoms with E-state index in [0.717, 1.165) is 21.2 Å². The number of imidazole rings is 1. The maximum absolute atomic E-state index is 9.30. The molecule has 0 aliphatic heterocycles. The molecule has 0 amide bonds. The number of rotatable bonds is 3. The van der Waals surface area contributed by atoms with Crippen LogP contribution in [0.5, 0.6) is 0 Å². The van der Waals surface area contributed by atoms with Gasteiger partial charge in [0.2, 0.25) is 0 Å². The Bertz CT molecular complexity index is 808. The van der Waals surface area contributed by atoms with Crippen LogP contribution in [-0.4, -0.2) is 9.97 Å². The van der Waals surface area contributed by atoms with Crippen molar-refractivity contribution in [2.24, 2.45) is 0 Å². The standard InChI is InChI=1S/C16H11BrN4/c17-12-5-7-13(8-6-12)19-10-11(9-18)16-20-14-3-1-2-4-15(14)21-16/h1-8,10,19H,(H,20,21)/b11-10-. The molecule has 5 heteroatoms. The Balaban J connectivity index is 1.89. The average molecular weight is 339 g/mol. The summed E-state index contributed by atoms with van der Waals surface area (Å²) in [5, 5.41) is 12.4. The predicted octanol–water partition coefficient (Wildman–Crippen LogP) is 4.30. The van der Waals surface area contributed by atoms with E-state index in [1.807, 2.05) is 48.5 Å². The van der Waals surface area contributed by atoms with Gasteiger partial charge in [-0.15, -0.1) is 0 Å². The summed E-state index contributed by atoms with van der Waals surface area (Å²) in [6.07, 6.45) is 1.65. The normalized spacial score (nSPS) is 11.3. The minimum Gasteiger partial charge on any atom is -0.360 e. The Labute approximate surface area is 130 Å². The van der Waals surface area contributed by atoms with Crippen molar-refractivity contribution in [3.63, 3.8) is 0 Å². The first-order chi connectivity index (χ1) is 10.3. The van der Waals surface area contributed by atoms with Gasteiger partial charge in [-0.25, -0.2) is 4.98 Å². The van der Waals surface area contributed by atoms with Gasteiger partial charge in [0.1, 0.15) is 11.6 Å². The molecule has 1 heterocycles. The summed E-state index contributed by atoms with van der Waals surface area (Å²) in [6.45, 7) is 0. The van der Waals surface area contributed by atoms with Crippen molar-refractivity contribution in [3.05, 3.63) is 65.0 Å². The number of benzene rings is 2. The predicted molar refractivity (Wildman–Crippen MR) is 87.4 cm³/mol. The Morgan fingerprint density at radius 3 is 2.67 bits per heavy atom. The second-order valence-corrected chi connectivity index (χ2v) is 5.34. The molecule has 0 saturated heterocycles. The number of para-hydroxylation sites is 2. The fourth-order valence-corrected chi connectivity index (χ4v) is 2.20. The molecule has 0 bridgehead atoms. The lowest BCUT2D eigenvalue weighted by atomic mass is 10.3. The van der Waals surface area contributed by atoms with E-state index in [2.05, 4.69) is 37.3 Å². The summed E-state index contributed by atoms with van der Waals surface area (Å²) >= 11 is 3.38. The summed E-state index contributed by atoms with van der Waals surface area (Å²) < 4.78 is 1.01. The molecule has 3 aromatic rings. The molecule has 0 radical (unpaired) electrons. The van der Waals surface area contributed by atoms with Gasteiger partial charge in [0.05, 0.1) is 11.0 Å². The summed E-state index contributed by atoms with van der Waals surface area (Å²) in [4.78, 5) is 7.56. The fourth-order valence-electron chi connectivity index (χ4n) is 1.94. The molecule has 0 spiro atoms. The lowest BCUT2D eigenvalue weighted by Gasteiger charge is -2.01. The minimum atomic E-state index is 0.453. The molecular formula is C16H11BrN4. The van der Waals surface area contributed by atoms with Crippen LogP contribution in [0.3, 0.4) is 0 Å². The van der Waals surface area contributed by atoms with E-state index in [4.69, 9.17) is 0 Å². The molecule has 102 valence electrons. The maximum Gasteiger partial charge on any atom is 0.150 e. The zero-order valence-corrected chi connectivity index (χ0v) is 12.6. The first-order valence-corrected chi connectivity index (χ1v) is 7.13. The van der Waals surface area contributed by atoms with Crippen molar-refractivity contribution in [3.8, 4) is 6.07 Å². The van der Waals surface area contributed by atoms with E-state index in [1.165, 1.54) is 0 Å². The molecular weight excluding hydrogens is 328 g/mol. The molecule has 0 unspecified atom stereocenters. The van der Waals surface area contributed by atoms with E-state index in [9.17, 15) is 5.26 Å². The number of nitrogens with one attached hydrogen (secondary N) is 2. The van der Waals surface area contributed by atoms with Crippen molar-refractivity contribution < 1.29 is 0 Å². The third-order valence-electron chi connectivity index (χ3n) is 2.99. The molecule has 0 aliphatic rings. The van der Waals surface area contributed by atoms with Crippen LogP contribution in [-0.2, 0) is 0 Å². The summed E-state index contributed by atoms with van der Waals surface area (Å²) in [5.74, 6) is 0.559. The number of hydrogen-bond acceptors (Lipinski definition) is 3. The van der Waals surface area contributed by atoms with Crippen LogP contribution >= 0.6 is 15.9 Å². The lowest BCUT2D eigenvalue weighted by Crippen LogP contribution is -1.92. The van der Waals surface area contributed by atoms with Crippen LogP contribution < -0.4 is 5.32 Å². The Hall–Kier alpha value is -2.58. The van der Waals surface area contributed by atoms with Gasteiger partial charge in [0, 0.05) is 16.4 Å². The summed E-state index contributed by atoms with van der Waals surface area (Å²) in [7, 11) is 0. The number of allylic oxidation sites excluding steroid dienone is 1. The van der Waals surface area contributed by atoms with Crippen molar-refractivity contribution >= 4 is 38.2 Å². The van der Waals surface area contributed by atoms with E-state index in [1.54, 1.807) is 6.20 Å². The highest BCUT2D eigenvalue weighted by Crippen LogP contribution is 2.18. The average Bonchev–Trinajstić information content (AvgIpc) is 2.93. The van der Waals surface area contributed by atoms with E-state index in [0.29, 0.717) is 11.4 Å². The molecule has 0 saturated carbocycles. The van der Waals surface area contributed by atoms with Crippen LogP contribution in [0.1, 0.15) is 5.82 Å². The SMILES string of the molecule is N#C/C(=C/Nc1ccc(Br)cc1)c1nc2ccccc2[nH]1. The molecule has 3 rings (SSSR count). The number of aromatic nitrogens is 2. The van der Waals surface area contributed by atoms with Crippen LogP contribution in [0.25, 0.3) is 16.6 Å². The molecule has 4 nitrogen and oxygen atoms in total. The summed E-state index contributed by atoms with van der Waals surface area (Å²) in [5.41, 5.74) is 3.12. The molecule has 0 atom stereocenters. The van der Waals surface area contributed by atoms with E-state index >= 15 is 0 Å². The largest absolute Gasteiger partial charge is 0.360 e. The Morgan fingerprint density at radius 2 is 1.95 bits per heavy atom. The molecule has 0 fully saturated rings. The number of H-pyrrole nitrogens is 1. The second kappa shape index (κ2) is 5.81. The molecule has 21 heavy (non-hydrogen) atoms. The number of anilines is 1. The minimum absolute atomic E-state index is 0.453.